The molecule has 1 saturated heterocycles. The van der Waals surface area contributed by atoms with Gasteiger partial charge in [-0.2, -0.15) is 0 Å². The minimum absolute atomic E-state index is 0.649. The van der Waals surface area contributed by atoms with Crippen LogP contribution in [0.5, 0.6) is 0 Å². The molecule has 2 rings (SSSR count). The monoisotopic (exact) mass is 246 g/mol. The molecule has 0 bridgehead atoms. The lowest BCUT2D eigenvalue weighted by molar-refractivity contribution is 0.297. The molecule has 2 nitrogen and oxygen atoms in total. The Labute approximate surface area is 111 Å². The molecular weight excluding hydrogens is 220 g/mol. The molecule has 0 radical (unpaired) electrons. The maximum atomic E-state index is 3.19. The summed E-state index contributed by atoms with van der Waals surface area (Å²) in [5, 5.41) is 3.19. The Morgan fingerprint density at radius 2 is 1.83 bits per heavy atom. The van der Waals surface area contributed by atoms with E-state index in [0.717, 1.165) is 18.4 Å². The second-order valence-corrected chi connectivity index (χ2v) is 5.91. The van der Waals surface area contributed by atoms with Gasteiger partial charge in [-0.15, -0.1) is 0 Å². The van der Waals surface area contributed by atoms with E-state index < -0.39 is 0 Å². The number of hydrogen-bond acceptors (Lipinski definition) is 2. The van der Waals surface area contributed by atoms with E-state index in [-0.39, 0.29) is 0 Å². The van der Waals surface area contributed by atoms with Gasteiger partial charge in [0.2, 0.25) is 0 Å². The van der Waals surface area contributed by atoms with Gasteiger partial charge in [0.25, 0.3) is 0 Å². The van der Waals surface area contributed by atoms with Gasteiger partial charge in [-0.25, -0.2) is 0 Å². The second-order valence-electron chi connectivity index (χ2n) is 5.91. The van der Waals surface area contributed by atoms with Crippen LogP contribution < -0.4 is 10.2 Å². The molecule has 1 N–H and O–H groups in total. The highest BCUT2D eigenvalue weighted by Crippen LogP contribution is 2.31. The maximum absolute atomic E-state index is 3.19. The Bertz CT molecular complexity index is 371. The van der Waals surface area contributed by atoms with Crippen molar-refractivity contribution >= 4 is 5.69 Å². The normalized spacial score (nSPS) is 28.4. The molecule has 0 saturated carbocycles. The van der Waals surface area contributed by atoms with Crippen LogP contribution in [0.2, 0.25) is 0 Å². The average molecular weight is 246 g/mol. The van der Waals surface area contributed by atoms with Crippen molar-refractivity contribution in [3.63, 3.8) is 0 Å². The highest BCUT2D eigenvalue weighted by molar-refractivity contribution is 5.49. The molecule has 1 fully saturated rings. The van der Waals surface area contributed by atoms with Crippen LogP contribution in [0.3, 0.4) is 0 Å². The Morgan fingerprint density at radius 3 is 2.44 bits per heavy atom. The number of anilines is 1. The largest absolute Gasteiger partial charge is 0.368 e. The quantitative estimate of drug-likeness (QED) is 0.880. The molecule has 0 aliphatic carbocycles. The summed E-state index contributed by atoms with van der Waals surface area (Å²) in [7, 11) is 1.99. The van der Waals surface area contributed by atoms with Gasteiger partial charge in [0, 0.05) is 24.8 Å². The topological polar surface area (TPSA) is 15.3 Å². The lowest BCUT2D eigenvalue weighted by Gasteiger charge is -2.42. The van der Waals surface area contributed by atoms with Crippen LogP contribution in [-0.4, -0.2) is 19.6 Å². The summed E-state index contributed by atoms with van der Waals surface area (Å²) < 4.78 is 0. The number of benzene rings is 1. The summed E-state index contributed by atoms with van der Waals surface area (Å²) in [4.78, 5) is 2.57. The van der Waals surface area contributed by atoms with Gasteiger partial charge >= 0.3 is 0 Å². The van der Waals surface area contributed by atoms with Crippen LogP contribution in [0.4, 0.5) is 5.69 Å². The van der Waals surface area contributed by atoms with E-state index in [1.54, 1.807) is 0 Å². The first-order valence-corrected chi connectivity index (χ1v) is 7.12. The van der Waals surface area contributed by atoms with Crippen LogP contribution in [0, 0.1) is 11.8 Å². The van der Waals surface area contributed by atoms with Gasteiger partial charge in [-0.3, -0.25) is 0 Å². The molecule has 1 aromatic rings. The number of nitrogens with zero attached hydrogens (tertiary/aromatic N) is 1. The van der Waals surface area contributed by atoms with Gasteiger partial charge in [0.15, 0.2) is 0 Å². The van der Waals surface area contributed by atoms with Crippen LogP contribution in [0.1, 0.15) is 32.8 Å². The van der Waals surface area contributed by atoms with Crippen molar-refractivity contribution in [3.05, 3.63) is 29.8 Å². The van der Waals surface area contributed by atoms with Gasteiger partial charge < -0.3 is 10.2 Å². The molecule has 100 valence electrons. The van der Waals surface area contributed by atoms with Crippen LogP contribution in [0.15, 0.2) is 24.3 Å². The molecule has 3 atom stereocenters. The van der Waals surface area contributed by atoms with E-state index in [1.165, 1.54) is 24.2 Å². The van der Waals surface area contributed by atoms with Crippen molar-refractivity contribution in [3.8, 4) is 0 Å². The highest BCUT2D eigenvalue weighted by Gasteiger charge is 2.28. The van der Waals surface area contributed by atoms with Gasteiger partial charge in [0.05, 0.1) is 0 Å². The van der Waals surface area contributed by atoms with Crippen LogP contribution >= 0.6 is 0 Å². The fourth-order valence-electron chi connectivity index (χ4n) is 3.07. The Hall–Kier alpha value is -1.02. The average Bonchev–Trinajstić information content (AvgIpc) is 2.35. The molecule has 2 heteroatoms. The molecule has 0 aromatic heterocycles. The molecule has 1 aliphatic rings. The van der Waals surface area contributed by atoms with Crippen molar-refractivity contribution in [2.24, 2.45) is 11.8 Å². The zero-order valence-corrected chi connectivity index (χ0v) is 12.1. The van der Waals surface area contributed by atoms with E-state index in [1.807, 2.05) is 7.05 Å². The third-order valence-electron chi connectivity index (χ3n) is 4.25. The molecule has 0 spiro atoms. The number of hydrogen-bond donors (Lipinski definition) is 1. The van der Waals surface area contributed by atoms with Gasteiger partial charge in [-0.1, -0.05) is 26.0 Å². The summed E-state index contributed by atoms with van der Waals surface area (Å²) in [6.45, 7) is 9.24. The summed E-state index contributed by atoms with van der Waals surface area (Å²) in [6, 6.07) is 9.67. The summed E-state index contributed by atoms with van der Waals surface area (Å²) in [5.41, 5.74) is 2.73. The molecule has 1 aliphatic heterocycles. The van der Waals surface area contributed by atoms with Crippen molar-refractivity contribution in [2.75, 3.05) is 18.5 Å². The molecule has 18 heavy (non-hydrogen) atoms. The summed E-state index contributed by atoms with van der Waals surface area (Å²) in [6.07, 6.45) is 1.36. The Morgan fingerprint density at radius 1 is 1.17 bits per heavy atom. The van der Waals surface area contributed by atoms with E-state index in [0.29, 0.717) is 6.04 Å². The Balaban J connectivity index is 2.14. The predicted molar refractivity (Wildman–Crippen MR) is 79.0 cm³/mol. The van der Waals surface area contributed by atoms with Gasteiger partial charge in [0.1, 0.15) is 0 Å². The molecule has 1 aromatic carbocycles. The maximum Gasteiger partial charge on any atom is 0.0368 e. The molecule has 0 amide bonds. The highest BCUT2D eigenvalue weighted by atomic mass is 15.2. The lowest BCUT2D eigenvalue weighted by atomic mass is 9.85. The standard InChI is InChI=1S/C16H26N2/c1-12-9-13(2)14(3)18(11-12)16-7-5-15(6-8-16)10-17-4/h5-8,12-14,17H,9-11H2,1-4H3. The second kappa shape index (κ2) is 5.75. The third-order valence-corrected chi connectivity index (χ3v) is 4.25. The fourth-order valence-corrected chi connectivity index (χ4v) is 3.07. The van der Waals surface area contributed by atoms with Crippen molar-refractivity contribution in [2.45, 2.75) is 39.8 Å². The first kappa shape index (κ1) is 13.4. The minimum Gasteiger partial charge on any atom is -0.368 e. The number of piperidine rings is 1. The Kier molecular flexibility index (Phi) is 4.28. The number of nitrogens with one attached hydrogen (secondary N) is 1. The molecular formula is C16H26N2. The zero-order chi connectivity index (χ0) is 13.1. The van der Waals surface area contributed by atoms with Crippen molar-refractivity contribution in [1.29, 1.82) is 0 Å². The summed E-state index contributed by atoms with van der Waals surface area (Å²) >= 11 is 0. The first-order valence-electron chi connectivity index (χ1n) is 7.12. The molecule has 1 heterocycles. The van der Waals surface area contributed by atoms with Crippen molar-refractivity contribution in [1.82, 2.24) is 5.32 Å². The fraction of sp³-hybridized carbons (Fsp3) is 0.625. The van der Waals surface area contributed by atoms with E-state index in [2.05, 4.69) is 55.3 Å². The summed E-state index contributed by atoms with van der Waals surface area (Å²) in [5.74, 6) is 1.58. The molecule has 3 unspecified atom stereocenters. The minimum atomic E-state index is 0.649. The predicted octanol–water partition coefficient (Wildman–Crippen LogP) is 3.28. The van der Waals surface area contributed by atoms with E-state index in [9.17, 15) is 0 Å². The van der Waals surface area contributed by atoms with Crippen LogP contribution in [0.25, 0.3) is 0 Å². The van der Waals surface area contributed by atoms with E-state index >= 15 is 0 Å². The zero-order valence-electron chi connectivity index (χ0n) is 12.1. The van der Waals surface area contributed by atoms with Gasteiger partial charge in [-0.05, 0) is 49.9 Å². The SMILES string of the molecule is CNCc1ccc(N2CC(C)CC(C)C2C)cc1. The van der Waals surface area contributed by atoms with E-state index in [4.69, 9.17) is 0 Å². The van der Waals surface area contributed by atoms with Crippen molar-refractivity contribution < 1.29 is 0 Å². The number of rotatable bonds is 3. The van der Waals surface area contributed by atoms with Crippen LogP contribution in [-0.2, 0) is 6.54 Å². The smallest absolute Gasteiger partial charge is 0.0368 e. The first-order chi connectivity index (χ1) is 8.61. The lowest BCUT2D eigenvalue weighted by Crippen LogP contribution is -2.45. The third kappa shape index (κ3) is 2.86.